The number of quaternary nitrogens is 1. The number of likely N-dealkylation sites (tertiary alicyclic amines) is 1. The Labute approximate surface area is 218 Å². The van der Waals surface area contributed by atoms with Crippen molar-refractivity contribution in [1.82, 2.24) is 4.90 Å². The molecule has 1 atom stereocenters. The van der Waals surface area contributed by atoms with Gasteiger partial charge in [-0.1, -0.05) is 35.6 Å². The Kier molecular flexibility index (Phi) is 9.79. The molecule has 0 bridgehead atoms. The summed E-state index contributed by atoms with van der Waals surface area (Å²) in [7, 11) is 0. The molecule has 0 spiro atoms. The third kappa shape index (κ3) is 6.02. The monoisotopic (exact) mass is 514 g/mol. The Morgan fingerprint density at radius 3 is 2.22 bits per heavy atom. The molecule has 0 radical (unpaired) electrons. The lowest BCUT2D eigenvalue weighted by Crippen LogP contribution is -3.11. The van der Waals surface area contributed by atoms with Crippen molar-refractivity contribution >= 4 is 29.1 Å². The average Bonchev–Trinajstić information content (AvgIpc) is 3.13. The molecule has 1 unspecified atom stereocenters. The lowest BCUT2D eigenvalue weighted by molar-refractivity contribution is -0.896. The Hall–Kier alpha value is -3.03. The Morgan fingerprint density at radius 2 is 1.61 bits per heavy atom. The highest BCUT2D eigenvalue weighted by atomic mass is 35.5. The first-order valence-corrected chi connectivity index (χ1v) is 13.0. The number of amides is 1. The fraction of sp³-hybridized carbons (Fsp3) is 0.429. The summed E-state index contributed by atoms with van der Waals surface area (Å²) in [5.41, 5.74) is 0.892. The van der Waals surface area contributed by atoms with E-state index in [1.54, 1.807) is 42.5 Å². The van der Waals surface area contributed by atoms with Gasteiger partial charge < -0.3 is 24.4 Å². The van der Waals surface area contributed by atoms with Crippen LogP contribution in [-0.4, -0.2) is 56.0 Å². The van der Waals surface area contributed by atoms with Gasteiger partial charge in [0.15, 0.2) is 11.5 Å². The van der Waals surface area contributed by atoms with Gasteiger partial charge in [0.2, 0.25) is 5.78 Å². The number of halogens is 1. The van der Waals surface area contributed by atoms with Crippen LogP contribution in [0.15, 0.2) is 48.0 Å². The summed E-state index contributed by atoms with van der Waals surface area (Å²) in [4.78, 5) is 29.4. The number of rotatable bonds is 12. The number of benzene rings is 2. The predicted octanol–water partition coefficient (Wildman–Crippen LogP) is 2.68. The first kappa shape index (κ1) is 27.6. The van der Waals surface area contributed by atoms with Crippen molar-refractivity contribution in [2.75, 3.05) is 39.4 Å². The lowest BCUT2D eigenvalue weighted by Gasteiger charge is -2.28. The van der Waals surface area contributed by atoms with E-state index in [1.807, 2.05) is 13.8 Å². The topological polar surface area (TPSA) is 83.3 Å². The second-order valence-corrected chi connectivity index (χ2v) is 9.05. The number of ketones is 1. The van der Waals surface area contributed by atoms with E-state index in [0.29, 0.717) is 53.8 Å². The summed E-state index contributed by atoms with van der Waals surface area (Å²) in [5.74, 6) is -0.810. The molecule has 1 fully saturated rings. The van der Waals surface area contributed by atoms with Crippen LogP contribution in [0.5, 0.6) is 11.5 Å². The zero-order valence-electron chi connectivity index (χ0n) is 21.4. The van der Waals surface area contributed by atoms with Crippen LogP contribution in [-0.2, 0) is 9.59 Å². The minimum atomic E-state index is -0.810. The van der Waals surface area contributed by atoms with Crippen molar-refractivity contribution in [3.63, 3.8) is 0 Å². The molecule has 1 aliphatic heterocycles. The summed E-state index contributed by atoms with van der Waals surface area (Å²) in [6, 6.07) is 10.9. The van der Waals surface area contributed by atoms with Crippen molar-refractivity contribution < 1.29 is 29.1 Å². The molecule has 1 aliphatic rings. The molecule has 2 aromatic carbocycles. The summed E-state index contributed by atoms with van der Waals surface area (Å²) in [6.07, 6.45) is 0.713. The first-order valence-electron chi connectivity index (χ1n) is 12.6. The van der Waals surface area contributed by atoms with E-state index in [0.717, 1.165) is 19.6 Å². The van der Waals surface area contributed by atoms with Crippen molar-refractivity contribution in [3.8, 4) is 11.5 Å². The van der Waals surface area contributed by atoms with Crippen LogP contribution >= 0.6 is 11.6 Å². The van der Waals surface area contributed by atoms with Crippen LogP contribution in [0.3, 0.4) is 0 Å². The maximum Gasteiger partial charge on any atom is 0.295 e. The second-order valence-electron chi connectivity index (χ2n) is 8.61. The molecule has 1 amide bonds. The van der Waals surface area contributed by atoms with Crippen LogP contribution < -0.4 is 19.5 Å². The SMILES string of the molecule is CCOc1ccc(C2C(=C([O-])c3ccc(Cl)cc3)C(=O)C(=O)N2CCC[NH+](CC)CC)cc1OCC. The number of ether oxygens (including phenoxy) is 2. The van der Waals surface area contributed by atoms with Gasteiger partial charge in [0, 0.05) is 23.6 Å². The molecule has 1 saturated heterocycles. The third-order valence-corrected chi connectivity index (χ3v) is 6.70. The second kappa shape index (κ2) is 12.8. The number of hydrogen-bond acceptors (Lipinski definition) is 5. The van der Waals surface area contributed by atoms with Gasteiger partial charge in [0.05, 0.1) is 38.9 Å². The van der Waals surface area contributed by atoms with Crippen LogP contribution in [0.2, 0.25) is 5.02 Å². The predicted molar refractivity (Wildman–Crippen MR) is 138 cm³/mol. The third-order valence-electron chi connectivity index (χ3n) is 6.45. The average molecular weight is 515 g/mol. The largest absolute Gasteiger partial charge is 0.872 e. The molecule has 1 heterocycles. The quantitative estimate of drug-likeness (QED) is 0.267. The van der Waals surface area contributed by atoms with Gasteiger partial charge in [-0.3, -0.25) is 9.59 Å². The maximum absolute atomic E-state index is 13.6. The van der Waals surface area contributed by atoms with E-state index < -0.39 is 23.5 Å². The van der Waals surface area contributed by atoms with Gasteiger partial charge in [0.1, 0.15) is 0 Å². The van der Waals surface area contributed by atoms with E-state index >= 15 is 0 Å². The van der Waals surface area contributed by atoms with Crippen molar-refractivity contribution in [2.45, 2.75) is 40.2 Å². The van der Waals surface area contributed by atoms with E-state index in [-0.39, 0.29) is 5.57 Å². The molecule has 7 nitrogen and oxygen atoms in total. The maximum atomic E-state index is 13.6. The first-order chi connectivity index (χ1) is 17.4. The molecule has 36 heavy (non-hydrogen) atoms. The highest BCUT2D eigenvalue weighted by Gasteiger charge is 2.44. The van der Waals surface area contributed by atoms with Crippen LogP contribution in [0.25, 0.3) is 5.76 Å². The van der Waals surface area contributed by atoms with Gasteiger partial charge in [-0.05, 0) is 63.1 Å². The summed E-state index contributed by atoms with van der Waals surface area (Å²) in [6.45, 7) is 12.1. The standard InChI is InChI=1S/C28H35ClN2O5/c1-5-30(6-2)16-9-17-31-25(20-12-15-22(35-7-3)23(18-20)36-8-4)24(27(33)28(31)34)26(32)19-10-13-21(29)14-11-19/h10-15,18,25,32H,5-9,16-17H2,1-4H3. The number of nitrogens with one attached hydrogen (secondary N) is 1. The van der Waals surface area contributed by atoms with Gasteiger partial charge in [0.25, 0.3) is 5.91 Å². The van der Waals surface area contributed by atoms with E-state index in [2.05, 4.69) is 13.8 Å². The minimum Gasteiger partial charge on any atom is -0.872 e. The molecular formula is C28H35ClN2O5. The fourth-order valence-electron chi connectivity index (χ4n) is 4.54. The van der Waals surface area contributed by atoms with Crippen molar-refractivity contribution in [1.29, 1.82) is 0 Å². The molecule has 0 saturated carbocycles. The van der Waals surface area contributed by atoms with Crippen LogP contribution in [0.4, 0.5) is 0 Å². The van der Waals surface area contributed by atoms with E-state index in [9.17, 15) is 14.7 Å². The molecule has 0 aliphatic carbocycles. The number of carbonyl (C=O) groups is 2. The molecule has 194 valence electrons. The fourth-order valence-corrected chi connectivity index (χ4v) is 4.67. The zero-order chi connectivity index (χ0) is 26.2. The van der Waals surface area contributed by atoms with Crippen LogP contribution in [0.1, 0.15) is 51.3 Å². The molecule has 8 heteroatoms. The summed E-state index contributed by atoms with van der Waals surface area (Å²) in [5, 5.41) is 14.0. The molecule has 0 aromatic heterocycles. The molecule has 1 N–H and O–H groups in total. The number of hydrogen-bond donors (Lipinski definition) is 1. The number of carbonyl (C=O) groups excluding carboxylic acids is 2. The minimum absolute atomic E-state index is 0.0517. The Morgan fingerprint density at radius 1 is 0.972 bits per heavy atom. The van der Waals surface area contributed by atoms with Gasteiger partial charge in [-0.15, -0.1) is 0 Å². The highest BCUT2D eigenvalue weighted by molar-refractivity contribution is 6.46. The normalized spacial score (nSPS) is 17.2. The Balaban J connectivity index is 2.09. The van der Waals surface area contributed by atoms with Gasteiger partial charge in [-0.25, -0.2) is 0 Å². The summed E-state index contributed by atoms with van der Waals surface area (Å²) < 4.78 is 11.5. The van der Waals surface area contributed by atoms with Crippen molar-refractivity contribution in [2.24, 2.45) is 0 Å². The molecule has 3 rings (SSSR count). The highest BCUT2D eigenvalue weighted by Crippen LogP contribution is 2.41. The number of nitrogens with zero attached hydrogens (tertiary/aromatic N) is 1. The smallest absolute Gasteiger partial charge is 0.295 e. The van der Waals surface area contributed by atoms with Gasteiger partial charge >= 0.3 is 0 Å². The zero-order valence-corrected chi connectivity index (χ0v) is 22.2. The van der Waals surface area contributed by atoms with Crippen molar-refractivity contribution in [3.05, 3.63) is 64.2 Å². The van der Waals surface area contributed by atoms with E-state index in [4.69, 9.17) is 21.1 Å². The van der Waals surface area contributed by atoms with Gasteiger partial charge in [-0.2, -0.15) is 0 Å². The van der Waals surface area contributed by atoms with Crippen LogP contribution in [0, 0.1) is 0 Å². The van der Waals surface area contributed by atoms with E-state index in [1.165, 1.54) is 9.80 Å². The number of Topliss-reactive ketones (excluding diaryl/α,β-unsaturated/α-hetero) is 1. The molecule has 2 aromatic rings. The summed E-state index contributed by atoms with van der Waals surface area (Å²) >= 11 is 5.99. The Bertz CT molecular complexity index is 1100. The molecular weight excluding hydrogens is 480 g/mol. The lowest BCUT2D eigenvalue weighted by atomic mass is 9.95.